The number of aliphatic carboxylic acids is 2. The highest BCUT2D eigenvalue weighted by Gasteiger charge is 2.24. The number of methoxy groups -OCH3 is 2. The molecule has 0 atom stereocenters. The summed E-state index contributed by atoms with van der Waals surface area (Å²) in [6.45, 7) is 0. The second kappa shape index (κ2) is 8.05. The van der Waals surface area contributed by atoms with Crippen LogP contribution in [-0.4, -0.2) is 45.1 Å². The van der Waals surface area contributed by atoms with Crippen LogP contribution in [0.1, 0.15) is 11.1 Å². The number of hydrogen-bond acceptors (Lipinski definition) is 7. The third kappa shape index (κ3) is 3.79. The third-order valence-electron chi connectivity index (χ3n) is 4.18. The molecule has 0 saturated heterocycles. The number of rotatable bonds is 7. The van der Waals surface area contributed by atoms with Crippen LogP contribution in [0.5, 0.6) is 11.5 Å². The minimum Gasteiger partial charge on any atom is -0.497 e. The molecule has 0 fully saturated rings. The first-order valence-corrected chi connectivity index (χ1v) is 8.81. The fourth-order valence-corrected chi connectivity index (χ4v) is 3.34. The van der Waals surface area contributed by atoms with E-state index in [0.29, 0.717) is 28.1 Å². The Morgan fingerprint density at radius 1 is 0.964 bits per heavy atom. The van der Waals surface area contributed by atoms with Gasteiger partial charge in [0.25, 0.3) is 0 Å². The number of benzene rings is 2. The Morgan fingerprint density at radius 2 is 1.71 bits per heavy atom. The Kier molecular flexibility index (Phi) is 5.55. The number of carboxylic acids is 2. The van der Waals surface area contributed by atoms with Gasteiger partial charge in [-0.1, -0.05) is 12.1 Å². The maximum Gasteiger partial charge on any atom is 0.336 e. The first-order valence-electron chi connectivity index (χ1n) is 8.08. The molecule has 0 saturated carbocycles. The molecule has 0 amide bonds. The second-order valence-corrected chi connectivity index (χ2v) is 6.31. The van der Waals surface area contributed by atoms with Crippen LogP contribution in [0, 0.1) is 0 Å². The first-order chi connectivity index (χ1) is 13.4. The number of carbonyl (C=O) groups is 2. The highest BCUT2D eigenvalue weighted by molar-refractivity contribution is 7.00. The highest BCUT2D eigenvalue weighted by Crippen LogP contribution is 2.30. The van der Waals surface area contributed by atoms with E-state index in [1.165, 1.54) is 26.4 Å². The molecule has 3 rings (SSSR count). The summed E-state index contributed by atoms with van der Waals surface area (Å²) in [6.07, 6.45) is -0.141. The van der Waals surface area contributed by atoms with Crippen molar-refractivity contribution in [2.75, 3.05) is 14.2 Å². The number of hydrogen-bond donors (Lipinski definition) is 2. The second-order valence-electron chi connectivity index (χ2n) is 5.79. The maximum atomic E-state index is 12.0. The van der Waals surface area contributed by atoms with Crippen LogP contribution in [0.2, 0.25) is 0 Å². The zero-order valence-corrected chi connectivity index (χ0v) is 15.8. The van der Waals surface area contributed by atoms with Crippen LogP contribution in [0.25, 0.3) is 16.6 Å². The molecule has 0 aliphatic rings. The van der Waals surface area contributed by atoms with Crippen molar-refractivity contribution in [3.05, 3.63) is 53.1 Å². The van der Waals surface area contributed by atoms with E-state index in [1.54, 1.807) is 24.3 Å². The van der Waals surface area contributed by atoms with Gasteiger partial charge in [0.15, 0.2) is 0 Å². The monoisotopic (exact) mass is 400 g/mol. The number of nitrogens with zero attached hydrogens (tertiary/aromatic N) is 2. The van der Waals surface area contributed by atoms with Gasteiger partial charge in [-0.3, -0.25) is 0 Å². The Hall–Kier alpha value is -3.46. The fourth-order valence-electron chi connectivity index (χ4n) is 2.82. The minimum absolute atomic E-state index is 0.141. The normalized spacial score (nSPS) is 11.8. The Morgan fingerprint density at radius 3 is 2.36 bits per heavy atom. The maximum absolute atomic E-state index is 12.0. The average Bonchev–Trinajstić information content (AvgIpc) is 3.15. The molecular weight excluding hydrogens is 384 g/mol. The molecule has 0 spiro atoms. The van der Waals surface area contributed by atoms with Crippen molar-refractivity contribution in [3.63, 3.8) is 0 Å². The molecule has 2 aromatic carbocycles. The standard InChI is InChI=1S/C19H16N2O6S/c1-26-12-5-3-10(16(9-12)27-2)7-13(18(22)23)17(19(24)25)11-4-6-14-15(8-11)21-28-20-14/h3-6,8-9H,7H2,1-2H3,(H,22,23)(H,24,25)/b17-13-. The largest absolute Gasteiger partial charge is 0.497 e. The summed E-state index contributed by atoms with van der Waals surface area (Å²) in [7, 11) is 2.95. The van der Waals surface area contributed by atoms with E-state index in [9.17, 15) is 19.8 Å². The van der Waals surface area contributed by atoms with Crippen molar-refractivity contribution in [1.29, 1.82) is 0 Å². The Bertz CT molecular complexity index is 1090. The van der Waals surface area contributed by atoms with E-state index in [4.69, 9.17) is 9.47 Å². The molecule has 0 aliphatic carbocycles. The Balaban J connectivity index is 2.14. The van der Waals surface area contributed by atoms with Gasteiger partial charge in [-0.2, -0.15) is 8.75 Å². The van der Waals surface area contributed by atoms with E-state index in [1.807, 2.05) is 0 Å². The molecule has 9 heteroatoms. The molecule has 3 aromatic rings. The van der Waals surface area contributed by atoms with Gasteiger partial charge in [0.05, 0.1) is 37.1 Å². The lowest BCUT2D eigenvalue weighted by atomic mass is 9.94. The third-order valence-corrected chi connectivity index (χ3v) is 4.73. The molecule has 1 aromatic heterocycles. The number of ether oxygens (including phenoxy) is 2. The van der Waals surface area contributed by atoms with Crippen LogP contribution in [0.4, 0.5) is 0 Å². The van der Waals surface area contributed by atoms with E-state index in [-0.39, 0.29) is 23.1 Å². The predicted molar refractivity (Wildman–Crippen MR) is 103 cm³/mol. The van der Waals surface area contributed by atoms with Crippen molar-refractivity contribution < 1.29 is 29.3 Å². The number of aromatic nitrogens is 2. The van der Waals surface area contributed by atoms with Gasteiger partial charge >= 0.3 is 11.9 Å². The molecule has 28 heavy (non-hydrogen) atoms. The van der Waals surface area contributed by atoms with Crippen LogP contribution in [0.15, 0.2) is 42.0 Å². The molecular formula is C19H16N2O6S. The quantitative estimate of drug-likeness (QED) is 0.581. The molecule has 0 aliphatic heterocycles. The summed E-state index contributed by atoms with van der Waals surface area (Å²) in [5.41, 5.74) is 1.33. The first kappa shape index (κ1) is 19.3. The summed E-state index contributed by atoms with van der Waals surface area (Å²) in [5, 5.41) is 19.5. The number of fused-ring (bicyclic) bond motifs is 1. The summed E-state index contributed by atoms with van der Waals surface area (Å²) in [4.78, 5) is 23.9. The summed E-state index contributed by atoms with van der Waals surface area (Å²) < 4.78 is 18.6. The summed E-state index contributed by atoms with van der Waals surface area (Å²) in [6, 6.07) is 9.59. The molecule has 144 valence electrons. The van der Waals surface area contributed by atoms with Gasteiger partial charge < -0.3 is 19.7 Å². The van der Waals surface area contributed by atoms with E-state index in [2.05, 4.69) is 8.75 Å². The van der Waals surface area contributed by atoms with Gasteiger partial charge in [-0.25, -0.2) is 9.59 Å². The lowest BCUT2D eigenvalue weighted by molar-refractivity contribution is -0.134. The fraction of sp³-hybridized carbons (Fsp3) is 0.158. The van der Waals surface area contributed by atoms with Gasteiger partial charge in [0.1, 0.15) is 22.5 Å². The van der Waals surface area contributed by atoms with Crippen LogP contribution in [-0.2, 0) is 16.0 Å². The lowest BCUT2D eigenvalue weighted by Crippen LogP contribution is -2.13. The van der Waals surface area contributed by atoms with Crippen LogP contribution >= 0.6 is 11.7 Å². The summed E-state index contributed by atoms with van der Waals surface area (Å²) >= 11 is 0.999. The zero-order chi connectivity index (χ0) is 20.3. The lowest BCUT2D eigenvalue weighted by Gasteiger charge is -2.13. The smallest absolute Gasteiger partial charge is 0.336 e. The SMILES string of the molecule is COc1ccc(C/C(C(=O)O)=C(/C(=O)O)c2ccc3nsnc3c2)c(OC)c1. The van der Waals surface area contributed by atoms with Crippen molar-refractivity contribution in [2.24, 2.45) is 0 Å². The van der Waals surface area contributed by atoms with Crippen molar-refractivity contribution >= 4 is 40.3 Å². The van der Waals surface area contributed by atoms with Crippen LogP contribution < -0.4 is 9.47 Å². The molecule has 1 heterocycles. The molecule has 0 unspecified atom stereocenters. The number of carboxylic acid groups (broad SMARTS) is 2. The van der Waals surface area contributed by atoms with Gasteiger partial charge in [0, 0.05) is 12.5 Å². The van der Waals surface area contributed by atoms with Gasteiger partial charge in [-0.05, 0) is 29.3 Å². The van der Waals surface area contributed by atoms with Crippen molar-refractivity contribution in [2.45, 2.75) is 6.42 Å². The summed E-state index contributed by atoms with van der Waals surface area (Å²) in [5.74, 6) is -1.72. The molecule has 0 radical (unpaired) electrons. The van der Waals surface area contributed by atoms with E-state index >= 15 is 0 Å². The predicted octanol–water partition coefficient (Wildman–Crippen LogP) is 2.87. The minimum atomic E-state index is -1.34. The van der Waals surface area contributed by atoms with Crippen molar-refractivity contribution in [1.82, 2.24) is 8.75 Å². The van der Waals surface area contributed by atoms with Crippen molar-refractivity contribution in [3.8, 4) is 11.5 Å². The van der Waals surface area contributed by atoms with Crippen LogP contribution in [0.3, 0.4) is 0 Å². The average molecular weight is 400 g/mol. The molecule has 0 bridgehead atoms. The molecule has 2 N–H and O–H groups in total. The molecule has 8 nitrogen and oxygen atoms in total. The zero-order valence-electron chi connectivity index (χ0n) is 15.0. The Labute approximate surface area is 164 Å². The van der Waals surface area contributed by atoms with Gasteiger partial charge in [0.2, 0.25) is 0 Å². The van der Waals surface area contributed by atoms with E-state index in [0.717, 1.165) is 11.7 Å². The topological polar surface area (TPSA) is 119 Å². The van der Waals surface area contributed by atoms with Gasteiger partial charge in [-0.15, -0.1) is 0 Å². The highest BCUT2D eigenvalue weighted by atomic mass is 32.1. The van der Waals surface area contributed by atoms with E-state index < -0.39 is 11.9 Å².